The van der Waals surface area contributed by atoms with Crippen molar-refractivity contribution in [3.63, 3.8) is 0 Å². The maximum Gasteiger partial charge on any atom is 0.100 e. The number of imidazole rings is 1. The van der Waals surface area contributed by atoms with Gasteiger partial charge in [0.25, 0.3) is 0 Å². The monoisotopic (exact) mass is 260 g/mol. The smallest absolute Gasteiger partial charge is 0.100 e. The van der Waals surface area contributed by atoms with Crippen LogP contribution in [-0.4, -0.2) is 14.5 Å². The normalized spacial score (nSPS) is 11.2. The maximum absolute atomic E-state index is 6.03. The lowest BCUT2D eigenvalue weighted by molar-refractivity contribution is 1.10. The summed E-state index contributed by atoms with van der Waals surface area (Å²) in [6.07, 6.45) is 3.61. The zero-order valence-corrected chi connectivity index (χ0v) is 10.7. The molecule has 2 N–H and O–H groups in total. The van der Waals surface area contributed by atoms with Crippen LogP contribution in [-0.2, 0) is 0 Å². The van der Waals surface area contributed by atoms with Crippen molar-refractivity contribution in [3.8, 4) is 5.69 Å². The highest BCUT2D eigenvalue weighted by molar-refractivity contribution is 5.96. The number of aromatic nitrogens is 3. The fourth-order valence-electron chi connectivity index (χ4n) is 2.53. The zero-order valence-electron chi connectivity index (χ0n) is 10.7. The molecule has 0 amide bonds. The summed E-state index contributed by atoms with van der Waals surface area (Å²) >= 11 is 0. The number of nitrogen functional groups attached to an aromatic ring is 1. The van der Waals surface area contributed by atoms with Gasteiger partial charge in [-0.15, -0.1) is 0 Å². The predicted octanol–water partition coefficient (Wildman–Crippen LogP) is 3.16. The van der Waals surface area contributed by atoms with E-state index in [1.165, 1.54) is 0 Å². The molecule has 0 unspecified atom stereocenters. The number of nitrogens with zero attached hydrogens (tertiary/aromatic N) is 3. The first-order valence-corrected chi connectivity index (χ1v) is 6.40. The quantitative estimate of drug-likeness (QED) is 0.535. The summed E-state index contributed by atoms with van der Waals surface area (Å²) in [4.78, 5) is 8.90. The Bertz CT molecular complexity index is 924. The number of nitrogens with two attached hydrogens (primary N) is 1. The molecule has 0 saturated carbocycles. The molecular weight excluding hydrogens is 248 g/mol. The lowest BCUT2D eigenvalue weighted by Crippen LogP contribution is -1.97. The number of fused-ring (bicyclic) bond motifs is 2. The fraction of sp³-hybridized carbons (Fsp3) is 0. The molecule has 4 heteroatoms. The Labute approximate surface area is 115 Å². The van der Waals surface area contributed by atoms with Gasteiger partial charge in [0.15, 0.2) is 0 Å². The van der Waals surface area contributed by atoms with Gasteiger partial charge in [-0.1, -0.05) is 12.1 Å². The third-order valence-corrected chi connectivity index (χ3v) is 3.50. The van der Waals surface area contributed by atoms with Crippen LogP contribution in [0.2, 0.25) is 0 Å². The minimum Gasteiger partial charge on any atom is -0.398 e. The van der Waals surface area contributed by atoms with Crippen molar-refractivity contribution in [3.05, 3.63) is 61.1 Å². The molecule has 2 aromatic carbocycles. The molecule has 0 radical (unpaired) electrons. The maximum atomic E-state index is 6.03. The molecule has 20 heavy (non-hydrogen) atoms. The van der Waals surface area contributed by atoms with E-state index in [9.17, 15) is 0 Å². The van der Waals surface area contributed by atoms with E-state index < -0.39 is 0 Å². The molecule has 0 fully saturated rings. The van der Waals surface area contributed by atoms with Crippen LogP contribution in [0, 0.1) is 0 Å². The number of hydrogen-bond donors (Lipinski definition) is 1. The SMILES string of the molecule is Nc1ccc(-n2cnc3ccccc32)c2ncccc12. The molecular formula is C16H12N4. The van der Waals surface area contributed by atoms with Gasteiger partial charge < -0.3 is 5.73 Å². The van der Waals surface area contributed by atoms with Crippen molar-refractivity contribution in [2.45, 2.75) is 0 Å². The number of benzene rings is 2. The van der Waals surface area contributed by atoms with Crippen LogP contribution >= 0.6 is 0 Å². The zero-order chi connectivity index (χ0) is 13.5. The van der Waals surface area contributed by atoms with E-state index in [4.69, 9.17) is 5.73 Å². The first kappa shape index (κ1) is 11.0. The average Bonchev–Trinajstić information content (AvgIpc) is 2.92. The highest BCUT2D eigenvalue weighted by Crippen LogP contribution is 2.27. The Morgan fingerprint density at radius 2 is 1.80 bits per heavy atom. The first-order chi connectivity index (χ1) is 9.84. The van der Waals surface area contributed by atoms with Gasteiger partial charge in [-0.25, -0.2) is 4.98 Å². The molecule has 0 aliphatic carbocycles. The second-order valence-corrected chi connectivity index (χ2v) is 4.68. The highest BCUT2D eigenvalue weighted by Gasteiger charge is 2.09. The molecule has 0 atom stereocenters. The average molecular weight is 260 g/mol. The Balaban J connectivity index is 2.10. The van der Waals surface area contributed by atoms with Crippen LogP contribution in [0.5, 0.6) is 0 Å². The minimum absolute atomic E-state index is 0.737. The van der Waals surface area contributed by atoms with Gasteiger partial charge in [0.05, 0.1) is 22.2 Å². The second-order valence-electron chi connectivity index (χ2n) is 4.68. The van der Waals surface area contributed by atoms with Gasteiger partial charge in [0.1, 0.15) is 6.33 Å². The van der Waals surface area contributed by atoms with Crippen LogP contribution in [0.4, 0.5) is 5.69 Å². The Hall–Kier alpha value is -2.88. The molecule has 0 aliphatic rings. The van der Waals surface area contributed by atoms with Gasteiger partial charge in [0.2, 0.25) is 0 Å². The van der Waals surface area contributed by atoms with E-state index >= 15 is 0 Å². The fourth-order valence-corrected chi connectivity index (χ4v) is 2.53. The number of hydrogen-bond acceptors (Lipinski definition) is 3. The molecule has 2 heterocycles. The van der Waals surface area contributed by atoms with Gasteiger partial charge in [-0.3, -0.25) is 9.55 Å². The van der Waals surface area contributed by atoms with Gasteiger partial charge >= 0.3 is 0 Å². The summed E-state index contributed by atoms with van der Waals surface area (Å²) in [6.45, 7) is 0. The molecule has 0 aliphatic heterocycles. The summed E-state index contributed by atoms with van der Waals surface area (Å²) < 4.78 is 2.05. The highest BCUT2D eigenvalue weighted by atomic mass is 15.1. The molecule has 0 bridgehead atoms. The van der Waals surface area contributed by atoms with Crippen LogP contribution < -0.4 is 5.73 Å². The van der Waals surface area contributed by atoms with E-state index in [1.54, 1.807) is 6.20 Å². The van der Waals surface area contributed by atoms with Crippen molar-refractivity contribution in [2.75, 3.05) is 5.73 Å². The molecule has 2 aromatic heterocycles. The molecule has 4 nitrogen and oxygen atoms in total. The summed E-state index contributed by atoms with van der Waals surface area (Å²) in [5.41, 5.74) is 10.7. The lowest BCUT2D eigenvalue weighted by Gasteiger charge is -2.09. The molecule has 0 saturated heterocycles. The van der Waals surface area contributed by atoms with E-state index in [0.29, 0.717) is 0 Å². The van der Waals surface area contributed by atoms with Gasteiger partial charge in [-0.2, -0.15) is 0 Å². The third-order valence-electron chi connectivity index (χ3n) is 3.50. The summed E-state index contributed by atoms with van der Waals surface area (Å²) in [5, 5.41) is 0.961. The van der Waals surface area contributed by atoms with Crippen LogP contribution in [0.15, 0.2) is 61.1 Å². The Morgan fingerprint density at radius 1 is 0.900 bits per heavy atom. The number of para-hydroxylation sites is 2. The minimum atomic E-state index is 0.737. The van der Waals surface area contributed by atoms with Crippen LogP contribution in [0.25, 0.3) is 27.6 Å². The van der Waals surface area contributed by atoms with E-state index in [0.717, 1.165) is 33.3 Å². The van der Waals surface area contributed by atoms with Gasteiger partial charge in [-0.05, 0) is 36.4 Å². The van der Waals surface area contributed by atoms with Crippen LogP contribution in [0.1, 0.15) is 0 Å². The van der Waals surface area contributed by atoms with Crippen molar-refractivity contribution >= 4 is 27.6 Å². The van der Waals surface area contributed by atoms with Gasteiger partial charge in [0, 0.05) is 17.3 Å². The molecule has 4 rings (SSSR count). The standard InChI is InChI=1S/C16H12N4/c17-12-7-8-15(16-11(12)4-3-9-18-16)20-10-19-13-5-1-2-6-14(13)20/h1-10H,17H2. The Morgan fingerprint density at radius 3 is 2.75 bits per heavy atom. The van der Waals surface area contributed by atoms with Crippen LogP contribution in [0.3, 0.4) is 0 Å². The molecule has 4 aromatic rings. The topological polar surface area (TPSA) is 56.7 Å². The Kier molecular flexibility index (Phi) is 2.23. The number of rotatable bonds is 1. The number of anilines is 1. The van der Waals surface area contributed by atoms with E-state index in [-0.39, 0.29) is 0 Å². The van der Waals surface area contributed by atoms with Crippen molar-refractivity contribution in [1.29, 1.82) is 0 Å². The second kappa shape index (κ2) is 4.06. The lowest BCUT2D eigenvalue weighted by atomic mass is 10.1. The summed E-state index contributed by atoms with van der Waals surface area (Å²) in [6, 6.07) is 15.8. The predicted molar refractivity (Wildman–Crippen MR) is 80.8 cm³/mol. The third kappa shape index (κ3) is 1.48. The largest absolute Gasteiger partial charge is 0.398 e. The van der Waals surface area contributed by atoms with Crippen molar-refractivity contribution in [1.82, 2.24) is 14.5 Å². The summed E-state index contributed by atoms with van der Waals surface area (Å²) in [5.74, 6) is 0. The van der Waals surface area contributed by atoms with E-state index in [1.807, 2.05) is 59.4 Å². The first-order valence-electron chi connectivity index (χ1n) is 6.40. The summed E-state index contributed by atoms with van der Waals surface area (Å²) in [7, 11) is 0. The molecule has 96 valence electrons. The van der Waals surface area contributed by atoms with Crippen molar-refractivity contribution < 1.29 is 0 Å². The molecule has 0 spiro atoms. The van der Waals surface area contributed by atoms with E-state index in [2.05, 4.69) is 9.97 Å². The van der Waals surface area contributed by atoms with Crippen molar-refractivity contribution in [2.24, 2.45) is 0 Å². The number of pyridine rings is 1.